The average Bonchev–Trinajstić information content (AvgIpc) is 2.45. The van der Waals surface area contributed by atoms with Gasteiger partial charge < -0.3 is 14.4 Å². The molecule has 1 fully saturated rings. The number of halogens is 1. The number of hydrogen-bond donors (Lipinski definition) is 0. The van der Waals surface area contributed by atoms with E-state index in [1.807, 2.05) is 20.8 Å². The summed E-state index contributed by atoms with van der Waals surface area (Å²) in [7, 11) is 0. The molecular formula is C16H22ClNO3. The number of carbonyl (C=O) groups excluding carboxylic acids is 1. The van der Waals surface area contributed by atoms with Gasteiger partial charge in [-0.05, 0) is 38.3 Å². The molecule has 1 saturated heterocycles. The van der Waals surface area contributed by atoms with Crippen molar-refractivity contribution in [2.75, 3.05) is 30.5 Å². The zero-order valence-corrected chi connectivity index (χ0v) is 13.6. The minimum atomic E-state index is -0.383. The average molecular weight is 312 g/mol. The molecule has 0 radical (unpaired) electrons. The Labute approximate surface area is 131 Å². The maximum atomic E-state index is 12.3. The van der Waals surface area contributed by atoms with Gasteiger partial charge in [0, 0.05) is 5.69 Å². The smallest absolute Gasteiger partial charge is 0.242 e. The topological polar surface area (TPSA) is 38.8 Å². The molecule has 1 aliphatic heterocycles. The Morgan fingerprint density at radius 2 is 1.81 bits per heavy atom. The molecule has 4 nitrogen and oxygen atoms in total. The SMILES string of the molecule is Cc1cc(C)c(N(CC2OCCCO2)C(=O)CCl)c(C)c1. The quantitative estimate of drug-likeness (QED) is 0.803. The molecule has 1 aliphatic rings. The highest BCUT2D eigenvalue weighted by atomic mass is 35.5. The van der Waals surface area contributed by atoms with Crippen molar-refractivity contribution in [2.45, 2.75) is 33.5 Å². The Balaban J connectivity index is 2.29. The fourth-order valence-corrected chi connectivity index (χ4v) is 2.92. The molecule has 1 amide bonds. The summed E-state index contributed by atoms with van der Waals surface area (Å²) in [4.78, 5) is 13.9. The molecule has 21 heavy (non-hydrogen) atoms. The van der Waals surface area contributed by atoms with E-state index in [2.05, 4.69) is 12.1 Å². The molecule has 116 valence electrons. The number of nitrogens with zero attached hydrogens (tertiary/aromatic N) is 1. The molecule has 1 aromatic carbocycles. The minimum Gasteiger partial charge on any atom is -0.351 e. The van der Waals surface area contributed by atoms with Crippen molar-refractivity contribution in [3.63, 3.8) is 0 Å². The molecule has 0 bridgehead atoms. The van der Waals surface area contributed by atoms with Gasteiger partial charge in [-0.2, -0.15) is 0 Å². The van der Waals surface area contributed by atoms with Crippen LogP contribution < -0.4 is 4.90 Å². The monoisotopic (exact) mass is 311 g/mol. The Hall–Kier alpha value is -1.10. The second kappa shape index (κ2) is 7.25. The summed E-state index contributed by atoms with van der Waals surface area (Å²) in [6, 6.07) is 4.14. The first kappa shape index (κ1) is 16.3. The third-order valence-corrected chi connectivity index (χ3v) is 3.78. The maximum absolute atomic E-state index is 12.3. The van der Waals surface area contributed by atoms with Gasteiger partial charge in [0.2, 0.25) is 5.91 Å². The van der Waals surface area contributed by atoms with E-state index < -0.39 is 0 Å². The fourth-order valence-electron chi connectivity index (χ4n) is 2.78. The number of amides is 1. The third-order valence-electron chi connectivity index (χ3n) is 3.55. The number of hydrogen-bond acceptors (Lipinski definition) is 3. The summed E-state index contributed by atoms with van der Waals surface area (Å²) < 4.78 is 11.1. The minimum absolute atomic E-state index is 0.0561. The third kappa shape index (κ3) is 3.96. The van der Waals surface area contributed by atoms with Crippen LogP contribution >= 0.6 is 11.6 Å². The number of ether oxygens (including phenoxy) is 2. The van der Waals surface area contributed by atoms with E-state index in [1.165, 1.54) is 5.56 Å². The largest absolute Gasteiger partial charge is 0.351 e. The number of benzene rings is 1. The summed E-state index contributed by atoms with van der Waals surface area (Å²) >= 11 is 5.78. The molecule has 0 aliphatic carbocycles. The summed E-state index contributed by atoms with van der Waals surface area (Å²) in [5.41, 5.74) is 4.20. The molecule has 1 heterocycles. The van der Waals surface area contributed by atoms with Crippen molar-refractivity contribution in [3.05, 3.63) is 28.8 Å². The lowest BCUT2D eigenvalue weighted by Gasteiger charge is -2.31. The predicted molar refractivity (Wildman–Crippen MR) is 84.0 cm³/mol. The Bertz CT molecular complexity index is 489. The van der Waals surface area contributed by atoms with Crippen LogP contribution in [0.25, 0.3) is 0 Å². The van der Waals surface area contributed by atoms with Crippen LogP contribution in [0.3, 0.4) is 0 Å². The number of alkyl halides is 1. The highest BCUT2D eigenvalue weighted by molar-refractivity contribution is 6.29. The lowest BCUT2D eigenvalue weighted by molar-refractivity contribution is -0.173. The van der Waals surface area contributed by atoms with Crippen LogP contribution in [0, 0.1) is 20.8 Å². The van der Waals surface area contributed by atoms with Gasteiger partial charge in [-0.1, -0.05) is 17.7 Å². The van der Waals surface area contributed by atoms with Crippen LogP contribution in [0.5, 0.6) is 0 Å². The molecule has 1 aromatic rings. The first-order chi connectivity index (χ1) is 10.0. The lowest BCUT2D eigenvalue weighted by Crippen LogP contribution is -2.43. The molecular weight excluding hydrogens is 290 g/mol. The summed E-state index contributed by atoms with van der Waals surface area (Å²) in [6.07, 6.45) is 0.508. The Kier molecular flexibility index (Phi) is 5.62. The Morgan fingerprint density at radius 3 is 2.33 bits per heavy atom. The van der Waals surface area contributed by atoms with Crippen LogP contribution in [-0.4, -0.2) is 37.8 Å². The predicted octanol–water partition coefficient (Wildman–Crippen LogP) is 2.95. The van der Waals surface area contributed by atoms with E-state index in [1.54, 1.807) is 4.90 Å². The van der Waals surface area contributed by atoms with Crippen LogP contribution in [0.4, 0.5) is 5.69 Å². The van der Waals surface area contributed by atoms with Gasteiger partial charge in [0.15, 0.2) is 6.29 Å². The van der Waals surface area contributed by atoms with Crippen molar-refractivity contribution in [2.24, 2.45) is 0 Å². The van der Waals surface area contributed by atoms with Gasteiger partial charge in [-0.15, -0.1) is 11.6 Å². The summed E-state index contributed by atoms with van der Waals surface area (Å²) in [5, 5.41) is 0. The van der Waals surface area contributed by atoms with Crippen molar-refractivity contribution < 1.29 is 14.3 Å². The van der Waals surface area contributed by atoms with Gasteiger partial charge in [0.05, 0.1) is 19.8 Å². The van der Waals surface area contributed by atoms with Gasteiger partial charge in [0.1, 0.15) is 5.88 Å². The van der Waals surface area contributed by atoms with Crippen molar-refractivity contribution in [1.82, 2.24) is 0 Å². The van der Waals surface area contributed by atoms with Crippen molar-refractivity contribution in [1.29, 1.82) is 0 Å². The van der Waals surface area contributed by atoms with Crippen molar-refractivity contribution >= 4 is 23.2 Å². The summed E-state index contributed by atoms with van der Waals surface area (Å²) in [6.45, 7) is 7.76. The molecule has 0 aromatic heterocycles. The first-order valence-corrected chi connectivity index (χ1v) is 7.73. The van der Waals surface area contributed by atoms with E-state index in [-0.39, 0.29) is 18.1 Å². The van der Waals surface area contributed by atoms with Crippen LogP contribution in [0.15, 0.2) is 12.1 Å². The molecule has 2 rings (SSSR count). The molecule has 0 saturated carbocycles. The van der Waals surface area contributed by atoms with Gasteiger partial charge in [-0.25, -0.2) is 0 Å². The van der Waals surface area contributed by atoms with Crippen LogP contribution in [0.2, 0.25) is 0 Å². The molecule has 0 atom stereocenters. The first-order valence-electron chi connectivity index (χ1n) is 7.20. The lowest BCUT2D eigenvalue weighted by atomic mass is 10.0. The number of rotatable bonds is 4. The van der Waals surface area contributed by atoms with E-state index in [4.69, 9.17) is 21.1 Å². The molecule has 0 unspecified atom stereocenters. The number of carbonyl (C=O) groups is 1. The van der Waals surface area contributed by atoms with E-state index in [0.717, 1.165) is 23.2 Å². The fraction of sp³-hybridized carbons (Fsp3) is 0.562. The van der Waals surface area contributed by atoms with Crippen LogP contribution in [-0.2, 0) is 14.3 Å². The number of aryl methyl sites for hydroxylation is 3. The zero-order chi connectivity index (χ0) is 15.4. The van der Waals surface area contributed by atoms with E-state index >= 15 is 0 Å². The van der Waals surface area contributed by atoms with E-state index in [0.29, 0.717) is 19.8 Å². The van der Waals surface area contributed by atoms with Gasteiger partial charge in [-0.3, -0.25) is 4.79 Å². The molecule has 0 N–H and O–H groups in total. The Morgan fingerprint density at radius 1 is 1.24 bits per heavy atom. The normalized spacial score (nSPS) is 16.0. The highest BCUT2D eigenvalue weighted by Crippen LogP contribution is 2.27. The molecule has 5 heteroatoms. The van der Waals surface area contributed by atoms with Crippen LogP contribution in [0.1, 0.15) is 23.1 Å². The number of anilines is 1. The second-order valence-corrected chi connectivity index (χ2v) is 5.68. The van der Waals surface area contributed by atoms with Crippen molar-refractivity contribution in [3.8, 4) is 0 Å². The highest BCUT2D eigenvalue weighted by Gasteiger charge is 2.25. The standard InChI is InChI=1S/C16H22ClNO3/c1-11-7-12(2)16(13(3)8-11)18(14(19)9-17)10-15-20-5-4-6-21-15/h7-8,15H,4-6,9-10H2,1-3H3. The summed E-state index contributed by atoms with van der Waals surface area (Å²) in [5.74, 6) is -0.191. The van der Waals surface area contributed by atoms with E-state index in [9.17, 15) is 4.79 Å². The maximum Gasteiger partial charge on any atom is 0.242 e. The van der Waals surface area contributed by atoms with Gasteiger partial charge in [0.25, 0.3) is 0 Å². The zero-order valence-electron chi connectivity index (χ0n) is 12.8. The van der Waals surface area contributed by atoms with Gasteiger partial charge >= 0.3 is 0 Å². The molecule has 0 spiro atoms. The second-order valence-electron chi connectivity index (χ2n) is 5.41.